The third-order valence-corrected chi connectivity index (χ3v) is 3.33. The molecule has 8 nitrogen and oxygen atoms in total. The number of aliphatic hydroxyl groups is 1. The van der Waals surface area contributed by atoms with Crippen LogP contribution in [0.3, 0.4) is 0 Å². The quantitative estimate of drug-likeness (QED) is 0.475. The molecular weight excluding hydrogens is 270 g/mol. The minimum Gasteiger partial charge on any atom is -0.394 e. The van der Waals surface area contributed by atoms with Crippen LogP contribution in [-0.4, -0.2) is 36.8 Å². The van der Waals surface area contributed by atoms with Crippen molar-refractivity contribution in [3.8, 4) is 0 Å². The third-order valence-electron chi connectivity index (χ3n) is 2.30. The zero-order valence-electron chi connectivity index (χ0n) is 9.84. The van der Waals surface area contributed by atoms with Crippen LogP contribution >= 0.6 is 11.8 Å². The number of nitro benzene ring substituents is 1. The largest absolute Gasteiger partial charge is 0.394 e. The molecule has 0 atom stereocenters. The first kappa shape index (κ1) is 13.4. The molecule has 0 saturated heterocycles. The molecule has 0 unspecified atom stereocenters. The van der Waals surface area contributed by atoms with Crippen LogP contribution in [-0.2, 0) is 12.3 Å². The van der Waals surface area contributed by atoms with Gasteiger partial charge in [-0.3, -0.25) is 10.1 Å². The SMILES string of the molecule is O=[N+]([O-])c1cccc(CSc2nnnn2CCO)c1. The van der Waals surface area contributed by atoms with E-state index >= 15 is 0 Å². The molecule has 0 fully saturated rings. The van der Waals surface area contributed by atoms with Gasteiger partial charge in [0, 0.05) is 17.9 Å². The van der Waals surface area contributed by atoms with Gasteiger partial charge in [0.05, 0.1) is 18.1 Å². The summed E-state index contributed by atoms with van der Waals surface area (Å²) >= 11 is 1.36. The third kappa shape index (κ3) is 3.48. The first-order valence-corrected chi connectivity index (χ1v) is 6.42. The summed E-state index contributed by atoms with van der Waals surface area (Å²) in [6.45, 7) is 0.277. The molecule has 2 aromatic rings. The molecule has 19 heavy (non-hydrogen) atoms. The van der Waals surface area contributed by atoms with Gasteiger partial charge in [-0.05, 0) is 16.0 Å². The highest BCUT2D eigenvalue weighted by Crippen LogP contribution is 2.22. The lowest BCUT2D eigenvalue weighted by molar-refractivity contribution is -0.384. The van der Waals surface area contributed by atoms with E-state index in [0.29, 0.717) is 17.5 Å². The number of hydrogen-bond acceptors (Lipinski definition) is 7. The maximum Gasteiger partial charge on any atom is 0.269 e. The smallest absolute Gasteiger partial charge is 0.269 e. The Balaban J connectivity index is 2.04. The predicted octanol–water partition coefficient (Wildman–Crippen LogP) is 0.866. The van der Waals surface area contributed by atoms with Crippen LogP contribution in [0.15, 0.2) is 29.4 Å². The molecule has 0 aliphatic carbocycles. The van der Waals surface area contributed by atoms with Gasteiger partial charge in [-0.1, -0.05) is 23.9 Å². The van der Waals surface area contributed by atoms with Gasteiger partial charge in [0.2, 0.25) is 5.16 Å². The highest BCUT2D eigenvalue weighted by atomic mass is 32.2. The molecule has 0 bridgehead atoms. The second-order valence-corrected chi connectivity index (χ2v) is 4.57. The molecule has 100 valence electrons. The normalized spacial score (nSPS) is 10.6. The number of aromatic nitrogens is 4. The number of tetrazole rings is 1. The van der Waals surface area contributed by atoms with E-state index in [4.69, 9.17) is 5.11 Å². The first-order valence-electron chi connectivity index (χ1n) is 5.44. The Morgan fingerprint density at radius 1 is 1.47 bits per heavy atom. The van der Waals surface area contributed by atoms with E-state index < -0.39 is 4.92 Å². The van der Waals surface area contributed by atoms with Crippen molar-refractivity contribution < 1.29 is 10.0 Å². The van der Waals surface area contributed by atoms with Crippen LogP contribution < -0.4 is 0 Å². The highest BCUT2D eigenvalue weighted by molar-refractivity contribution is 7.98. The number of non-ortho nitro benzene ring substituents is 1. The van der Waals surface area contributed by atoms with Crippen LogP contribution in [0, 0.1) is 10.1 Å². The van der Waals surface area contributed by atoms with E-state index in [0.717, 1.165) is 5.56 Å². The van der Waals surface area contributed by atoms with Crippen LogP contribution in [0.2, 0.25) is 0 Å². The number of benzene rings is 1. The molecule has 2 rings (SSSR count). The predicted molar refractivity (Wildman–Crippen MR) is 67.6 cm³/mol. The number of nitrogens with zero attached hydrogens (tertiary/aromatic N) is 5. The van der Waals surface area contributed by atoms with Crippen molar-refractivity contribution in [2.45, 2.75) is 17.5 Å². The van der Waals surface area contributed by atoms with Crippen LogP contribution in [0.25, 0.3) is 0 Å². The van der Waals surface area contributed by atoms with Crippen LogP contribution in [0.5, 0.6) is 0 Å². The van der Waals surface area contributed by atoms with Crippen LogP contribution in [0.4, 0.5) is 5.69 Å². The zero-order valence-corrected chi connectivity index (χ0v) is 10.7. The molecule has 0 saturated carbocycles. The van der Waals surface area contributed by atoms with E-state index in [9.17, 15) is 10.1 Å². The van der Waals surface area contributed by atoms with Crippen LogP contribution in [0.1, 0.15) is 5.56 Å². The summed E-state index contributed by atoms with van der Waals surface area (Å²) < 4.78 is 1.49. The summed E-state index contributed by atoms with van der Waals surface area (Å²) in [6, 6.07) is 6.42. The van der Waals surface area contributed by atoms with E-state index in [-0.39, 0.29) is 12.3 Å². The summed E-state index contributed by atoms with van der Waals surface area (Å²) in [4.78, 5) is 10.2. The van der Waals surface area contributed by atoms with Crippen molar-refractivity contribution in [2.24, 2.45) is 0 Å². The molecule has 9 heteroatoms. The fraction of sp³-hybridized carbons (Fsp3) is 0.300. The van der Waals surface area contributed by atoms with E-state index in [1.54, 1.807) is 12.1 Å². The highest BCUT2D eigenvalue weighted by Gasteiger charge is 2.09. The van der Waals surface area contributed by atoms with Gasteiger partial charge in [0.15, 0.2) is 0 Å². The average molecular weight is 281 g/mol. The summed E-state index contributed by atoms with van der Waals surface area (Å²) in [5, 5.41) is 31.2. The van der Waals surface area contributed by atoms with E-state index in [1.165, 1.54) is 28.6 Å². The maximum absolute atomic E-state index is 10.7. The lowest BCUT2D eigenvalue weighted by Crippen LogP contribution is -2.05. The number of aliphatic hydroxyl groups excluding tert-OH is 1. The Hall–Kier alpha value is -2.00. The second-order valence-electron chi connectivity index (χ2n) is 3.62. The van der Waals surface area contributed by atoms with Crippen molar-refractivity contribution in [3.05, 3.63) is 39.9 Å². The molecular formula is C10H11N5O3S. The molecule has 0 spiro atoms. The molecule has 0 radical (unpaired) electrons. The Morgan fingerprint density at radius 3 is 3.05 bits per heavy atom. The summed E-state index contributed by atoms with van der Waals surface area (Å²) in [7, 11) is 0. The second kappa shape index (κ2) is 6.25. The van der Waals surface area contributed by atoms with Gasteiger partial charge in [0.1, 0.15) is 0 Å². The molecule has 0 amide bonds. The van der Waals surface area contributed by atoms with Crippen molar-refractivity contribution in [1.29, 1.82) is 0 Å². The zero-order chi connectivity index (χ0) is 13.7. The van der Waals surface area contributed by atoms with Crippen molar-refractivity contribution in [3.63, 3.8) is 0 Å². The Bertz CT molecular complexity index is 574. The summed E-state index contributed by atoms with van der Waals surface area (Å²) in [5.41, 5.74) is 0.880. The van der Waals surface area contributed by atoms with Gasteiger partial charge < -0.3 is 5.11 Å². The number of thioether (sulfide) groups is 1. The summed E-state index contributed by atoms with van der Waals surface area (Å²) in [6.07, 6.45) is 0. The lowest BCUT2D eigenvalue weighted by Gasteiger charge is -2.02. The van der Waals surface area contributed by atoms with Gasteiger partial charge >= 0.3 is 0 Å². The number of hydrogen-bond donors (Lipinski definition) is 1. The number of rotatable bonds is 6. The van der Waals surface area contributed by atoms with Crippen molar-refractivity contribution >= 4 is 17.4 Å². The molecule has 1 aromatic heterocycles. The minimum absolute atomic E-state index is 0.0462. The molecule has 1 aromatic carbocycles. The number of nitro groups is 1. The first-order chi connectivity index (χ1) is 9.20. The van der Waals surface area contributed by atoms with Gasteiger partial charge in [0.25, 0.3) is 5.69 Å². The monoisotopic (exact) mass is 281 g/mol. The Labute approximate surface area is 112 Å². The van der Waals surface area contributed by atoms with Gasteiger partial charge in [-0.15, -0.1) is 5.10 Å². The minimum atomic E-state index is -0.427. The van der Waals surface area contributed by atoms with Crippen molar-refractivity contribution in [1.82, 2.24) is 20.2 Å². The van der Waals surface area contributed by atoms with E-state index in [1.807, 2.05) is 0 Å². The summed E-state index contributed by atoms with van der Waals surface area (Å²) in [5.74, 6) is 0.521. The standard InChI is InChI=1S/C10H11N5O3S/c16-5-4-14-10(11-12-13-14)19-7-8-2-1-3-9(6-8)15(17)18/h1-3,6,16H,4-5,7H2. The Morgan fingerprint density at radius 2 is 2.32 bits per heavy atom. The maximum atomic E-state index is 10.7. The average Bonchev–Trinajstić information content (AvgIpc) is 2.85. The molecule has 1 N–H and O–H groups in total. The fourth-order valence-electron chi connectivity index (χ4n) is 1.44. The van der Waals surface area contributed by atoms with Gasteiger partial charge in [-0.25, -0.2) is 4.68 Å². The van der Waals surface area contributed by atoms with Gasteiger partial charge in [-0.2, -0.15) is 0 Å². The molecule has 1 heterocycles. The lowest BCUT2D eigenvalue weighted by atomic mass is 10.2. The topological polar surface area (TPSA) is 107 Å². The Kier molecular flexibility index (Phi) is 4.42. The molecule has 0 aliphatic rings. The van der Waals surface area contributed by atoms with E-state index in [2.05, 4.69) is 15.5 Å². The molecule has 0 aliphatic heterocycles. The van der Waals surface area contributed by atoms with Crippen molar-refractivity contribution in [2.75, 3.05) is 6.61 Å². The fourth-order valence-corrected chi connectivity index (χ4v) is 2.29.